The van der Waals surface area contributed by atoms with Crippen LogP contribution in [0.5, 0.6) is 5.75 Å². The van der Waals surface area contributed by atoms with Crippen LogP contribution in [0.2, 0.25) is 0 Å². The van der Waals surface area contributed by atoms with E-state index >= 15 is 0 Å². The molecule has 0 saturated heterocycles. The zero-order valence-electron chi connectivity index (χ0n) is 14.4. The normalized spacial score (nSPS) is 10.4. The van der Waals surface area contributed by atoms with Crippen molar-refractivity contribution >= 4 is 23.2 Å². The first-order valence-corrected chi connectivity index (χ1v) is 7.95. The van der Waals surface area contributed by atoms with Gasteiger partial charge in [0.2, 0.25) is 5.91 Å². The SMILES string of the molecule is CC(=O)Nc1cc(NC(=O)COc2ccc(C(C)C)cc2)ccc1F. The Morgan fingerprint density at radius 2 is 1.76 bits per heavy atom. The van der Waals surface area contributed by atoms with Crippen LogP contribution in [-0.2, 0) is 9.59 Å². The van der Waals surface area contributed by atoms with Gasteiger partial charge in [-0.25, -0.2) is 4.39 Å². The molecule has 2 N–H and O–H groups in total. The average molecular weight is 344 g/mol. The first kappa shape index (κ1) is 18.4. The maximum Gasteiger partial charge on any atom is 0.262 e. The number of anilines is 2. The zero-order valence-corrected chi connectivity index (χ0v) is 14.4. The van der Waals surface area contributed by atoms with Crippen molar-refractivity contribution in [2.24, 2.45) is 0 Å². The second-order valence-corrected chi connectivity index (χ2v) is 5.94. The van der Waals surface area contributed by atoms with Crippen molar-refractivity contribution in [1.29, 1.82) is 0 Å². The number of carbonyl (C=O) groups excluding carboxylic acids is 2. The van der Waals surface area contributed by atoms with Crippen molar-refractivity contribution in [2.45, 2.75) is 26.7 Å². The summed E-state index contributed by atoms with van der Waals surface area (Å²) in [6, 6.07) is 11.5. The zero-order chi connectivity index (χ0) is 18.4. The highest BCUT2D eigenvalue weighted by Crippen LogP contribution is 2.20. The Morgan fingerprint density at radius 1 is 1.08 bits per heavy atom. The largest absolute Gasteiger partial charge is 0.484 e. The van der Waals surface area contributed by atoms with Crippen LogP contribution in [0, 0.1) is 5.82 Å². The van der Waals surface area contributed by atoms with Gasteiger partial charge in [-0.2, -0.15) is 0 Å². The fourth-order valence-electron chi connectivity index (χ4n) is 2.18. The van der Waals surface area contributed by atoms with Gasteiger partial charge in [0.05, 0.1) is 5.69 Å². The molecule has 25 heavy (non-hydrogen) atoms. The molecule has 0 radical (unpaired) electrons. The van der Waals surface area contributed by atoms with Crippen molar-refractivity contribution in [3.8, 4) is 5.75 Å². The summed E-state index contributed by atoms with van der Waals surface area (Å²) in [5, 5.41) is 4.96. The van der Waals surface area contributed by atoms with E-state index in [1.54, 1.807) is 0 Å². The lowest BCUT2D eigenvalue weighted by atomic mass is 10.0. The molecule has 2 rings (SSSR count). The molecule has 2 aromatic rings. The van der Waals surface area contributed by atoms with E-state index < -0.39 is 11.7 Å². The van der Waals surface area contributed by atoms with Crippen molar-refractivity contribution in [2.75, 3.05) is 17.2 Å². The minimum atomic E-state index is -0.574. The van der Waals surface area contributed by atoms with Gasteiger partial charge in [-0.3, -0.25) is 9.59 Å². The summed E-state index contributed by atoms with van der Waals surface area (Å²) in [6.07, 6.45) is 0. The number of halogens is 1. The summed E-state index contributed by atoms with van der Waals surface area (Å²) in [4.78, 5) is 23.0. The van der Waals surface area contributed by atoms with Crippen LogP contribution in [0.15, 0.2) is 42.5 Å². The predicted octanol–water partition coefficient (Wildman–Crippen LogP) is 3.93. The Hall–Kier alpha value is -2.89. The molecule has 0 aliphatic carbocycles. The third-order valence-electron chi connectivity index (χ3n) is 3.48. The fraction of sp³-hybridized carbons (Fsp3) is 0.263. The summed E-state index contributed by atoms with van der Waals surface area (Å²) in [5.41, 5.74) is 1.57. The fourth-order valence-corrected chi connectivity index (χ4v) is 2.18. The van der Waals surface area contributed by atoms with Crippen molar-refractivity contribution in [1.82, 2.24) is 0 Å². The van der Waals surface area contributed by atoms with Crippen LogP contribution >= 0.6 is 0 Å². The lowest BCUT2D eigenvalue weighted by Crippen LogP contribution is -2.20. The summed E-state index contributed by atoms with van der Waals surface area (Å²) in [6.45, 7) is 5.30. The van der Waals surface area contributed by atoms with Gasteiger partial charge in [-0.15, -0.1) is 0 Å². The highest BCUT2D eigenvalue weighted by atomic mass is 19.1. The van der Waals surface area contributed by atoms with Crippen LogP contribution in [-0.4, -0.2) is 18.4 Å². The molecule has 2 aromatic carbocycles. The number of hydrogen-bond donors (Lipinski definition) is 2. The molecule has 132 valence electrons. The topological polar surface area (TPSA) is 67.4 Å². The van der Waals surface area contributed by atoms with Gasteiger partial charge in [0.25, 0.3) is 5.91 Å². The molecule has 0 fully saturated rings. The molecule has 0 spiro atoms. The van der Waals surface area contributed by atoms with Crippen LogP contribution in [0.1, 0.15) is 32.3 Å². The van der Waals surface area contributed by atoms with E-state index in [0.717, 1.165) is 0 Å². The number of ether oxygens (including phenoxy) is 1. The van der Waals surface area contributed by atoms with Crippen LogP contribution in [0.25, 0.3) is 0 Å². The van der Waals surface area contributed by atoms with E-state index in [1.807, 2.05) is 24.3 Å². The third-order valence-corrected chi connectivity index (χ3v) is 3.48. The summed E-state index contributed by atoms with van der Waals surface area (Å²) < 4.78 is 19.0. The molecule has 5 nitrogen and oxygen atoms in total. The van der Waals surface area contributed by atoms with Gasteiger partial charge in [0.1, 0.15) is 11.6 Å². The van der Waals surface area contributed by atoms with Gasteiger partial charge in [0.15, 0.2) is 6.61 Å². The van der Waals surface area contributed by atoms with E-state index in [1.165, 1.54) is 30.7 Å². The molecule has 6 heteroatoms. The van der Waals surface area contributed by atoms with Crippen LogP contribution in [0.3, 0.4) is 0 Å². The Bertz CT molecular complexity index is 758. The smallest absolute Gasteiger partial charge is 0.262 e. The highest BCUT2D eigenvalue weighted by Gasteiger charge is 2.09. The molecule has 0 aliphatic heterocycles. The molecule has 0 aromatic heterocycles. The molecule has 0 aliphatic rings. The number of benzene rings is 2. The monoisotopic (exact) mass is 344 g/mol. The Balaban J connectivity index is 1.92. The van der Waals surface area contributed by atoms with E-state index in [0.29, 0.717) is 17.4 Å². The minimum Gasteiger partial charge on any atom is -0.484 e. The van der Waals surface area contributed by atoms with E-state index in [4.69, 9.17) is 4.74 Å². The predicted molar refractivity (Wildman–Crippen MR) is 95.4 cm³/mol. The molecule has 0 atom stereocenters. The van der Waals surface area contributed by atoms with Crippen molar-refractivity contribution in [3.05, 3.63) is 53.8 Å². The number of amides is 2. The standard InChI is InChI=1S/C19H21FN2O3/c1-12(2)14-4-7-16(8-5-14)25-11-19(24)22-15-6-9-17(20)18(10-15)21-13(3)23/h4-10,12H,11H2,1-3H3,(H,21,23)(H,22,24). The molecule has 0 saturated carbocycles. The van der Waals surface area contributed by atoms with Crippen molar-refractivity contribution in [3.63, 3.8) is 0 Å². The maximum absolute atomic E-state index is 13.6. The Kier molecular flexibility index (Phi) is 6.11. The Morgan fingerprint density at radius 3 is 2.36 bits per heavy atom. The summed E-state index contributed by atoms with van der Waals surface area (Å²) >= 11 is 0. The number of hydrogen-bond acceptors (Lipinski definition) is 3. The lowest BCUT2D eigenvalue weighted by molar-refractivity contribution is -0.118. The first-order valence-electron chi connectivity index (χ1n) is 7.95. The molecular weight excluding hydrogens is 323 g/mol. The molecule has 0 heterocycles. The molecule has 2 amide bonds. The van der Waals surface area contributed by atoms with Gasteiger partial charge in [0, 0.05) is 12.6 Å². The van der Waals surface area contributed by atoms with Crippen LogP contribution < -0.4 is 15.4 Å². The van der Waals surface area contributed by atoms with Crippen molar-refractivity contribution < 1.29 is 18.7 Å². The van der Waals surface area contributed by atoms with E-state index in [9.17, 15) is 14.0 Å². The third kappa shape index (κ3) is 5.60. The molecule has 0 unspecified atom stereocenters. The molecule has 0 bridgehead atoms. The van der Waals surface area contributed by atoms with Gasteiger partial charge < -0.3 is 15.4 Å². The summed E-state index contributed by atoms with van der Waals surface area (Å²) in [7, 11) is 0. The first-order chi connectivity index (χ1) is 11.8. The number of rotatable bonds is 6. The Labute approximate surface area is 146 Å². The maximum atomic E-state index is 13.6. The minimum absolute atomic E-state index is 0.00972. The van der Waals surface area contributed by atoms with Gasteiger partial charge >= 0.3 is 0 Å². The lowest BCUT2D eigenvalue weighted by Gasteiger charge is -2.11. The van der Waals surface area contributed by atoms with Crippen LogP contribution in [0.4, 0.5) is 15.8 Å². The quantitative estimate of drug-likeness (QED) is 0.834. The van der Waals surface area contributed by atoms with Gasteiger partial charge in [-0.05, 0) is 41.8 Å². The second-order valence-electron chi connectivity index (χ2n) is 5.94. The highest BCUT2D eigenvalue weighted by molar-refractivity contribution is 5.94. The van der Waals surface area contributed by atoms with Gasteiger partial charge in [-0.1, -0.05) is 26.0 Å². The number of nitrogens with one attached hydrogen (secondary N) is 2. The van der Waals surface area contributed by atoms with E-state index in [-0.39, 0.29) is 18.2 Å². The second kappa shape index (κ2) is 8.28. The number of carbonyl (C=O) groups is 2. The summed E-state index contributed by atoms with van der Waals surface area (Å²) in [5.74, 6) is -0.329. The van der Waals surface area contributed by atoms with E-state index in [2.05, 4.69) is 24.5 Å². The molecular formula is C19H21FN2O3. The average Bonchev–Trinajstić information content (AvgIpc) is 2.56.